The summed E-state index contributed by atoms with van der Waals surface area (Å²) in [4.78, 5) is 10.4. The molecule has 5 heteroatoms. The van der Waals surface area contributed by atoms with E-state index in [1.165, 1.54) is 17.7 Å². The number of nitrogens with one attached hydrogen (secondary N) is 1. The molecule has 0 bridgehead atoms. The zero-order valence-electron chi connectivity index (χ0n) is 11.1. The fourth-order valence-corrected chi connectivity index (χ4v) is 1.97. The molecule has 0 aliphatic carbocycles. The van der Waals surface area contributed by atoms with E-state index in [0.29, 0.717) is 5.56 Å². The number of hydrogen-bond donors (Lipinski definition) is 1. The van der Waals surface area contributed by atoms with E-state index in [0.717, 1.165) is 18.2 Å². The molecule has 0 heterocycles. The van der Waals surface area contributed by atoms with Gasteiger partial charge >= 0.3 is 0 Å². The lowest BCUT2D eigenvalue weighted by molar-refractivity contribution is -0.385. The maximum absolute atomic E-state index is 13.2. The molecule has 0 aliphatic heterocycles. The quantitative estimate of drug-likeness (QED) is 0.664. The molecule has 0 fully saturated rings. The molecule has 0 aromatic heterocycles. The molecule has 104 valence electrons. The highest BCUT2D eigenvalue weighted by Crippen LogP contribution is 2.21. The van der Waals surface area contributed by atoms with Crippen LogP contribution in [0.2, 0.25) is 0 Å². The first-order chi connectivity index (χ1) is 9.60. The van der Waals surface area contributed by atoms with Gasteiger partial charge in [-0.2, -0.15) is 0 Å². The molecule has 2 aromatic rings. The lowest BCUT2D eigenvalue weighted by Gasteiger charge is -2.08. The van der Waals surface area contributed by atoms with Crippen molar-refractivity contribution >= 4 is 11.4 Å². The van der Waals surface area contributed by atoms with Crippen LogP contribution in [-0.4, -0.2) is 4.92 Å². The second-order valence-electron chi connectivity index (χ2n) is 4.44. The Morgan fingerprint density at radius 2 is 2.05 bits per heavy atom. The standard InChI is InChI=1S/C15H15FN2O2/c1-2-11-4-3-5-14(8-11)17-10-12-9-13(16)6-7-15(12)18(19)20/h3-9,17H,2,10H2,1H3. The Labute approximate surface area is 116 Å². The first-order valence-corrected chi connectivity index (χ1v) is 6.35. The zero-order chi connectivity index (χ0) is 14.5. The monoisotopic (exact) mass is 274 g/mol. The van der Waals surface area contributed by atoms with E-state index in [1.54, 1.807) is 0 Å². The summed E-state index contributed by atoms with van der Waals surface area (Å²) in [7, 11) is 0. The second kappa shape index (κ2) is 6.14. The van der Waals surface area contributed by atoms with Gasteiger partial charge in [-0.05, 0) is 36.2 Å². The molecule has 4 nitrogen and oxygen atoms in total. The largest absolute Gasteiger partial charge is 0.381 e. The minimum atomic E-state index is -0.501. The predicted molar refractivity (Wildman–Crippen MR) is 76.2 cm³/mol. The number of anilines is 1. The third kappa shape index (κ3) is 3.32. The average Bonchev–Trinajstić information content (AvgIpc) is 2.45. The zero-order valence-corrected chi connectivity index (χ0v) is 11.1. The molecule has 2 aromatic carbocycles. The molecule has 0 spiro atoms. The van der Waals surface area contributed by atoms with E-state index in [9.17, 15) is 14.5 Å². The minimum absolute atomic E-state index is 0.0782. The molecular weight excluding hydrogens is 259 g/mol. The van der Waals surface area contributed by atoms with Crippen LogP contribution in [0.4, 0.5) is 15.8 Å². The SMILES string of the molecule is CCc1cccc(NCc2cc(F)ccc2[N+](=O)[O-])c1. The summed E-state index contributed by atoms with van der Waals surface area (Å²) < 4.78 is 13.2. The number of nitrogens with zero attached hydrogens (tertiary/aromatic N) is 1. The number of aryl methyl sites for hydroxylation is 1. The van der Waals surface area contributed by atoms with Crippen molar-refractivity contribution in [1.29, 1.82) is 0 Å². The van der Waals surface area contributed by atoms with Gasteiger partial charge in [-0.15, -0.1) is 0 Å². The second-order valence-corrected chi connectivity index (χ2v) is 4.44. The number of nitro benzene ring substituents is 1. The number of benzene rings is 2. The Morgan fingerprint density at radius 3 is 2.75 bits per heavy atom. The van der Waals surface area contributed by atoms with Gasteiger partial charge in [-0.1, -0.05) is 19.1 Å². The summed E-state index contributed by atoms with van der Waals surface area (Å²) in [6.45, 7) is 2.26. The number of rotatable bonds is 5. The summed E-state index contributed by atoms with van der Waals surface area (Å²) in [6.07, 6.45) is 0.912. The lowest BCUT2D eigenvalue weighted by atomic mass is 10.1. The molecule has 0 unspecified atom stereocenters. The van der Waals surface area contributed by atoms with E-state index in [1.807, 2.05) is 24.3 Å². The van der Waals surface area contributed by atoms with Crippen molar-refractivity contribution in [3.05, 3.63) is 69.5 Å². The molecule has 0 amide bonds. The van der Waals surface area contributed by atoms with Crippen molar-refractivity contribution in [3.8, 4) is 0 Å². The Bertz CT molecular complexity index is 629. The Balaban J connectivity index is 2.17. The van der Waals surface area contributed by atoms with Gasteiger partial charge < -0.3 is 5.32 Å². The van der Waals surface area contributed by atoms with Crippen molar-refractivity contribution in [2.45, 2.75) is 19.9 Å². The van der Waals surface area contributed by atoms with E-state index in [4.69, 9.17) is 0 Å². The van der Waals surface area contributed by atoms with Crippen molar-refractivity contribution < 1.29 is 9.31 Å². The molecule has 0 radical (unpaired) electrons. The Morgan fingerprint density at radius 1 is 1.25 bits per heavy atom. The first-order valence-electron chi connectivity index (χ1n) is 6.35. The van der Waals surface area contributed by atoms with E-state index in [2.05, 4.69) is 12.2 Å². The van der Waals surface area contributed by atoms with Crippen molar-refractivity contribution in [2.75, 3.05) is 5.32 Å². The van der Waals surface area contributed by atoms with Gasteiger partial charge in [0.25, 0.3) is 5.69 Å². The fourth-order valence-electron chi connectivity index (χ4n) is 1.97. The van der Waals surface area contributed by atoms with Crippen LogP contribution in [0.3, 0.4) is 0 Å². The summed E-state index contributed by atoms with van der Waals surface area (Å²) in [5, 5.41) is 14.0. The van der Waals surface area contributed by atoms with Gasteiger partial charge in [-0.25, -0.2) is 4.39 Å². The fraction of sp³-hybridized carbons (Fsp3) is 0.200. The topological polar surface area (TPSA) is 55.2 Å². The molecule has 0 aliphatic rings. The predicted octanol–water partition coefficient (Wildman–Crippen LogP) is 3.91. The van der Waals surface area contributed by atoms with Crippen LogP contribution in [0.5, 0.6) is 0 Å². The average molecular weight is 274 g/mol. The summed E-state index contributed by atoms with van der Waals surface area (Å²) >= 11 is 0. The maximum atomic E-state index is 13.2. The Hall–Kier alpha value is -2.43. The van der Waals surface area contributed by atoms with Gasteiger partial charge in [0.2, 0.25) is 0 Å². The van der Waals surface area contributed by atoms with E-state index < -0.39 is 10.7 Å². The Kier molecular flexibility index (Phi) is 4.30. The van der Waals surface area contributed by atoms with Gasteiger partial charge in [-0.3, -0.25) is 10.1 Å². The summed E-state index contributed by atoms with van der Waals surface area (Å²) in [5.74, 6) is -0.477. The summed E-state index contributed by atoms with van der Waals surface area (Å²) in [5.41, 5.74) is 2.29. The highest BCUT2D eigenvalue weighted by Gasteiger charge is 2.13. The van der Waals surface area contributed by atoms with Crippen LogP contribution in [-0.2, 0) is 13.0 Å². The smallest absolute Gasteiger partial charge is 0.274 e. The third-order valence-corrected chi connectivity index (χ3v) is 3.06. The maximum Gasteiger partial charge on any atom is 0.274 e. The van der Waals surface area contributed by atoms with Crippen molar-refractivity contribution in [3.63, 3.8) is 0 Å². The minimum Gasteiger partial charge on any atom is -0.381 e. The lowest BCUT2D eigenvalue weighted by Crippen LogP contribution is -2.04. The normalized spacial score (nSPS) is 10.3. The third-order valence-electron chi connectivity index (χ3n) is 3.06. The van der Waals surface area contributed by atoms with Gasteiger partial charge in [0.1, 0.15) is 5.82 Å². The molecule has 0 saturated heterocycles. The van der Waals surface area contributed by atoms with Gasteiger partial charge in [0.05, 0.1) is 10.5 Å². The molecule has 20 heavy (non-hydrogen) atoms. The van der Waals surface area contributed by atoms with Crippen LogP contribution in [0.1, 0.15) is 18.1 Å². The van der Waals surface area contributed by atoms with Gasteiger partial charge in [0, 0.05) is 18.3 Å². The van der Waals surface area contributed by atoms with Crippen LogP contribution in [0.25, 0.3) is 0 Å². The van der Waals surface area contributed by atoms with Crippen LogP contribution < -0.4 is 5.32 Å². The van der Waals surface area contributed by atoms with Crippen molar-refractivity contribution in [2.24, 2.45) is 0 Å². The highest BCUT2D eigenvalue weighted by molar-refractivity contribution is 5.48. The number of nitro groups is 1. The van der Waals surface area contributed by atoms with Crippen LogP contribution >= 0.6 is 0 Å². The highest BCUT2D eigenvalue weighted by atomic mass is 19.1. The first kappa shape index (κ1) is 14.0. The van der Waals surface area contributed by atoms with E-state index in [-0.39, 0.29) is 12.2 Å². The molecule has 0 atom stereocenters. The van der Waals surface area contributed by atoms with Gasteiger partial charge in [0.15, 0.2) is 0 Å². The summed E-state index contributed by atoms with van der Waals surface area (Å²) in [6, 6.07) is 11.3. The molecule has 0 saturated carbocycles. The van der Waals surface area contributed by atoms with Crippen LogP contribution in [0, 0.1) is 15.9 Å². The number of hydrogen-bond acceptors (Lipinski definition) is 3. The van der Waals surface area contributed by atoms with E-state index >= 15 is 0 Å². The number of halogens is 1. The molecule has 1 N–H and O–H groups in total. The molecule has 2 rings (SSSR count). The molecular formula is C15H15FN2O2. The van der Waals surface area contributed by atoms with Crippen LogP contribution in [0.15, 0.2) is 42.5 Å². The van der Waals surface area contributed by atoms with Crippen molar-refractivity contribution in [1.82, 2.24) is 0 Å².